The van der Waals surface area contributed by atoms with Crippen LogP contribution in [0.25, 0.3) is 0 Å². The molecule has 0 amide bonds. The van der Waals surface area contributed by atoms with Crippen molar-refractivity contribution in [3.05, 3.63) is 92.3 Å². The fraction of sp³-hybridized carbons (Fsp3) is 0.250. The van der Waals surface area contributed by atoms with Crippen LogP contribution >= 0.6 is 0 Å². The molecule has 0 fully saturated rings. The summed E-state index contributed by atoms with van der Waals surface area (Å²) in [5, 5.41) is 24.5. The van der Waals surface area contributed by atoms with E-state index in [2.05, 4.69) is 5.32 Å². The van der Waals surface area contributed by atoms with E-state index < -0.39 is 28.2 Å². The average Bonchev–Trinajstić information content (AvgIpc) is 2.78. The number of ether oxygens (including phenoxy) is 1. The number of nitro benzene ring substituents is 1. The maximum atomic E-state index is 13.4. The van der Waals surface area contributed by atoms with Gasteiger partial charge >= 0.3 is 11.7 Å². The molecule has 8 nitrogen and oxygen atoms in total. The third-order valence-corrected chi connectivity index (χ3v) is 6.03. The van der Waals surface area contributed by atoms with Crippen molar-refractivity contribution in [3.63, 3.8) is 0 Å². The summed E-state index contributed by atoms with van der Waals surface area (Å²) in [6.45, 7) is 1.72. The smallest absolute Gasteiger partial charge is 0.336 e. The fourth-order valence-electron chi connectivity index (χ4n) is 4.58. The molecule has 2 aromatic rings. The number of ketones is 1. The molecule has 2 aliphatic rings. The zero-order valence-corrected chi connectivity index (χ0v) is 17.6. The number of carbonyl (C=O) groups excluding carboxylic acids is 2. The van der Waals surface area contributed by atoms with E-state index in [1.807, 2.05) is 30.3 Å². The predicted octanol–water partition coefficient (Wildman–Crippen LogP) is 3.84. The Balaban J connectivity index is 1.86. The van der Waals surface area contributed by atoms with Gasteiger partial charge in [-0.3, -0.25) is 14.9 Å². The van der Waals surface area contributed by atoms with Gasteiger partial charge in [-0.1, -0.05) is 36.4 Å². The molecular weight excluding hydrogens is 412 g/mol. The van der Waals surface area contributed by atoms with Gasteiger partial charge < -0.3 is 15.2 Å². The Morgan fingerprint density at radius 1 is 1.16 bits per heavy atom. The number of esters is 1. The minimum absolute atomic E-state index is 0.0165. The number of nitrogens with zero attached hydrogens (tertiary/aromatic N) is 1. The van der Waals surface area contributed by atoms with Crippen LogP contribution in [0.1, 0.15) is 42.7 Å². The summed E-state index contributed by atoms with van der Waals surface area (Å²) < 4.78 is 4.96. The Morgan fingerprint density at radius 2 is 1.88 bits per heavy atom. The number of phenolic OH excluding ortho intramolecular Hbond substituents is 1. The first-order valence-corrected chi connectivity index (χ1v) is 10.2. The molecule has 0 saturated carbocycles. The van der Waals surface area contributed by atoms with Gasteiger partial charge in [0.1, 0.15) is 0 Å². The number of phenols is 1. The number of benzene rings is 2. The minimum atomic E-state index is -0.831. The van der Waals surface area contributed by atoms with E-state index in [0.29, 0.717) is 29.0 Å². The molecule has 8 heteroatoms. The van der Waals surface area contributed by atoms with Gasteiger partial charge in [-0.15, -0.1) is 0 Å². The van der Waals surface area contributed by atoms with Crippen molar-refractivity contribution >= 4 is 17.4 Å². The number of methoxy groups -OCH3 is 1. The Kier molecular flexibility index (Phi) is 5.52. The van der Waals surface area contributed by atoms with E-state index in [1.165, 1.54) is 25.3 Å². The van der Waals surface area contributed by atoms with Crippen LogP contribution in [0.4, 0.5) is 5.69 Å². The van der Waals surface area contributed by atoms with Crippen molar-refractivity contribution < 1.29 is 24.4 Å². The van der Waals surface area contributed by atoms with Gasteiger partial charge in [0.15, 0.2) is 11.5 Å². The van der Waals surface area contributed by atoms with Crippen LogP contribution in [0, 0.1) is 10.1 Å². The molecule has 1 heterocycles. The highest BCUT2D eigenvalue weighted by molar-refractivity contribution is 6.04. The highest BCUT2D eigenvalue weighted by Gasteiger charge is 2.41. The molecule has 2 aromatic carbocycles. The summed E-state index contributed by atoms with van der Waals surface area (Å²) in [6.07, 6.45) is 0.822. The minimum Gasteiger partial charge on any atom is -0.502 e. The van der Waals surface area contributed by atoms with Crippen LogP contribution in [0.15, 0.2) is 71.1 Å². The number of dihydropyridines is 1. The van der Waals surface area contributed by atoms with Gasteiger partial charge in [-0.25, -0.2) is 4.79 Å². The summed E-state index contributed by atoms with van der Waals surface area (Å²) in [5.74, 6) is -2.09. The number of rotatable bonds is 4. The molecule has 0 unspecified atom stereocenters. The highest BCUT2D eigenvalue weighted by Crippen LogP contribution is 2.46. The Hall–Kier alpha value is -3.94. The summed E-state index contributed by atoms with van der Waals surface area (Å²) in [6, 6.07) is 13.7. The van der Waals surface area contributed by atoms with Gasteiger partial charge in [0.05, 0.1) is 17.6 Å². The molecule has 32 heavy (non-hydrogen) atoms. The van der Waals surface area contributed by atoms with Gasteiger partial charge in [0.25, 0.3) is 0 Å². The molecule has 0 saturated heterocycles. The first-order chi connectivity index (χ1) is 15.3. The quantitative estimate of drug-likeness (QED) is 0.426. The lowest BCUT2D eigenvalue weighted by Gasteiger charge is -2.36. The van der Waals surface area contributed by atoms with Gasteiger partial charge in [-0.2, -0.15) is 0 Å². The normalized spacial score (nSPS) is 20.5. The number of nitrogens with one attached hydrogen (secondary N) is 1. The zero-order chi connectivity index (χ0) is 23.0. The molecule has 4 rings (SSSR count). The van der Waals surface area contributed by atoms with Crippen LogP contribution in [0.5, 0.6) is 5.75 Å². The largest absolute Gasteiger partial charge is 0.502 e. The average molecular weight is 434 g/mol. The monoisotopic (exact) mass is 434 g/mol. The van der Waals surface area contributed by atoms with Gasteiger partial charge in [-0.05, 0) is 36.5 Å². The van der Waals surface area contributed by atoms with E-state index in [9.17, 15) is 24.8 Å². The number of carbonyl (C=O) groups is 2. The van der Waals surface area contributed by atoms with Crippen LogP contribution in [0.3, 0.4) is 0 Å². The standard InChI is InChI=1S/C24H22N2O6/c1-13-21(24(29)32-2)22(15-8-9-19(27)18(11-15)26(30)31)23-17(25-13)10-16(12-20(23)28)14-6-4-3-5-7-14/h3-9,11,16,22,25,27H,10,12H2,1-2H3/t16-,22-/m1/s1. The second kappa shape index (κ2) is 8.30. The number of hydrogen-bond acceptors (Lipinski definition) is 7. The van der Waals surface area contributed by atoms with Crippen molar-refractivity contribution in [2.24, 2.45) is 0 Å². The third-order valence-electron chi connectivity index (χ3n) is 6.03. The molecule has 164 valence electrons. The summed E-state index contributed by atoms with van der Waals surface area (Å²) in [4.78, 5) is 36.8. The lowest BCUT2D eigenvalue weighted by atomic mass is 9.71. The SMILES string of the molecule is COC(=O)C1=C(C)NC2=C(C(=O)C[C@H](c3ccccc3)C2)[C@@H]1c1ccc(O)c([N+](=O)[O-])c1. The van der Waals surface area contributed by atoms with E-state index in [1.54, 1.807) is 6.92 Å². The maximum Gasteiger partial charge on any atom is 0.336 e. The lowest BCUT2D eigenvalue weighted by Crippen LogP contribution is -2.36. The number of allylic oxidation sites excluding steroid dienone is 3. The lowest BCUT2D eigenvalue weighted by molar-refractivity contribution is -0.385. The molecule has 0 aromatic heterocycles. The first kappa shape index (κ1) is 21.3. The van der Waals surface area contributed by atoms with Crippen molar-refractivity contribution in [3.8, 4) is 5.75 Å². The van der Waals surface area contributed by atoms with Gasteiger partial charge in [0.2, 0.25) is 0 Å². The predicted molar refractivity (Wildman–Crippen MR) is 116 cm³/mol. The van der Waals surface area contributed by atoms with E-state index in [0.717, 1.165) is 5.56 Å². The van der Waals surface area contributed by atoms with E-state index in [-0.39, 0.29) is 23.7 Å². The number of Topliss-reactive ketones (excluding diaryl/α,β-unsaturated/α-hetero) is 1. The second-order valence-corrected chi connectivity index (χ2v) is 7.92. The Labute approximate surface area is 184 Å². The highest BCUT2D eigenvalue weighted by atomic mass is 16.6. The zero-order valence-electron chi connectivity index (χ0n) is 17.6. The molecule has 1 aliphatic carbocycles. The topological polar surface area (TPSA) is 119 Å². The van der Waals surface area contributed by atoms with Crippen molar-refractivity contribution in [1.82, 2.24) is 5.32 Å². The third kappa shape index (κ3) is 3.64. The van der Waals surface area contributed by atoms with Gasteiger partial charge in [0, 0.05) is 35.4 Å². The molecule has 0 radical (unpaired) electrons. The van der Waals surface area contributed by atoms with E-state index in [4.69, 9.17) is 4.74 Å². The molecule has 1 aliphatic heterocycles. The van der Waals surface area contributed by atoms with Crippen LogP contribution in [-0.2, 0) is 14.3 Å². The molecule has 2 atom stereocenters. The number of hydrogen-bond donors (Lipinski definition) is 2. The molecule has 0 spiro atoms. The molecule has 2 N–H and O–H groups in total. The number of nitro groups is 1. The van der Waals surface area contributed by atoms with Crippen molar-refractivity contribution in [2.45, 2.75) is 31.6 Å². The second-order valence-electron chi connectivity index (χ2n) is 7.92. The van der Waals surface area contributed by atoms with Crippen LogP contribution in [-0.4, -0.2) is 28.9 Å². The maximum absolute atomic E-state index is 13.4. The summed E-state index contributed by atoms with van der Waals surface area (Å²) >= 11 is 0. The van der Waals surface area contributed by atoms with Crippen molar-refractivity contribution in [2.75, 3.05) is 7.11 Å². The summed E-state index contributed by atoms with van der Waals surface area (Å²) in [7, 11) is 1.25. The van der Waals surface area contributed by atoms with Crippen LogP contribution in [0.2, 0.25) is 0 Å². The molecular formula is C24H22N2O6. The summed E-state index contributed by atoms with van der Waals surface area (Å²) in [5.41, 5.74) is 2.77. The number of aromatic hydroxyl groups is 1. The van der Waals surface area contributed by atoms with E-state index >= 15 is 0 Å². The Morgan fingerprint density at radius 3 is 2.53 bits per heavy atom. The van der Waals surface area contributed by atoms with Crippen LogP contribution < -0.4 is 5.32 Å². The fourth-order valence-corrected chi connectivity index (χ4v) is 4.58. The first-order valence-electron chi connectivity index (χ1n) is 10.2. The van der Waals surface area contributed by atoms with Crippen molar-refractivity contribution in [1.29, 1.82) is 0 Å². The molecule has 0 bridgehead atoms. The Bertz CT molecular complexity index is 1180.